The zero-order valence-corrected chi connectivity index (χ0v) is 11.9. The van der Waals surface area contributed by atoms with Crippen molar-refractivity contribution in [2.45, 2.75) is 6.42 Å². The highest BCUT2D eigenvalue weighted by Crippen LogP contribution is 2.26. The molecule has 0 bridgehead atoms. The van der Waals surface area contributed by atoms with Crippen molar-refractivity contribution in [2.75, 3.05) is 6.54 Å². The lowest BCUT2D eigenvalue weighted by Crippen LogP contribution is -2.31. The highest BCUT2D eigenvalue weighted by atomic mass is 32.1. The standard InChI is InChI=1S/C15H12N4OS/c20-15-12-9-11(2-1-10(12)3-5-17-15)19-8-7-16-14(19)13-4-6-18-21-13/h1-2,4,6-9H,3,5H2,(H,17,20). The number of imidazole rings is 1. The lowest BCUT2D eigenvalue weighted by molar-refractivity contribution is 0.0946. The van der Waals surface area contributed by atoms with Gasteiger partial charge in [0.1, 0.15) is 0 Å². The van der Waals surface area contributed by atoms with Crippen LogP contribution in [0, 0.1) is 0 Å². The van der Waals surface area contributed by atoms with Crippen LogP contribution in [-0.4, -0.2) is 26.4 Å². The van der Waals surface area contributed by atoms with Gasteiger partial charge in [-0.25, -0.2) is 9.36 Å². The Balaban J connectivity index is 1.83. The first-order valence-electron chi connectivity index (χ1n) is 6.69. The molecular formula is C15H12N4OS. The van der Waals surface area contributed by atoms with E-state index in [1.165, 1.54) is 11.5 Å². The summed E-state index contributed by atoms with van der Waals surface area (Å²) in [6.07, 6.45) is 6.30. The molecule has 4 rings (SSSR count). The maximum Gasteiger partial charge on any atom is 0.251 e. The van der Waals surface area contributed by atoms with Crippen LogP contribution in [0.5, 0.6) is 0 Å². The molecule has 0 radical (unpaired) electrons. The average molecular weight is 296 g/mol. The van der Waals surface area contributed by atoms with Gasteiger partial charge < -0.3 is 5.32 Å². The summed E-state index contributed by atoms with van der Waals surface area (Å²) in [5.74, 6) is 0.839. The van der Waals surface area contributed by atoms with E-state index in [2.05, 4.69) is 14.7 Å². The molecule has 5 nitrogen and oxygen atoms in total. The number of hydrogen-bond donors (Lipinski definition) is 1. The largest absolute Gasteiger partial charge is 0.352 e. The number of benzene rings is 1. The van der Waals surface area contributed by atoms with E-state index in [4.69, 9.17) is 0 Å². The van der Waals surface area contributed by atoms with Gasteiger partial charge in [-0.2, -0.15) is 0 Å². The van der Waals surface area contributed by atoms with Crippen molar-refractivity contribution >= 4 is 17.4 Å². The zero-order valence-electron chi connectivity index (χ0n) is 11.1. The second-order valence-electron chi connectivity index (χ2n) is 4.84. The molecule has 0 unspecified atom stereocenters. The summed E-state index contributed by atoms with van der Waals surface area (Å²) >= 11 is 1.41. The fourth-order valence-electron chi connectivity index (χ4n) is 2.57. The Kier molecular flexibility index (Phi) is 2.82. The van der Waals surface area contributed by atoms with Gasteiger partial charge in [-0.3, -0.25) is 9.36 Å². The van der Waals surface area contributed by atoms with Crippen LogP contribution in [-0.2, 0) is 6.42 Å². The van der Waals surface area contributed by atoms with E-state index >= 15 is 0 Å². The van der Waals surface area contributed by atoms with Crippen molar-refractivity contribution in [3.05, 3.63) is 54.0 Å². The van der Waals surface area contributed by atoms with Gasteiger partial charge >= 0.3 is 0 Å². The molecule has 1 N–H and O–H groups in total. The fourth-order valence-corrected chi connectivity index (χ4v) is 3.16. The Morgan fingerprint density at radius 1 is 1.24 bits per heavy atom. The van der Waals surface area contributed by atoms with Crippen molar-refractivity contribution < 1.29 is 4.79 Å². The van der Waals surface area contributed by atoms with Gasteiger partial charge in [0.25, 0.3) is 5.91 Å². The van der Waals surface area contributed by atoms with Gasteiger partial charge in [0, 0.05) is 36.4 Å². The maximum atomic E-state index is 12.0. The molecule has 2 aromatic heterocycles. The number of amides is 1. The first-order valence-corrected chi connectivity index (χ1v) is 7.46. The van der Waals surface area contributed by atoms with E-state index in [1.807, 2.05) is 35.0 Å². The smallest absolute Gasteiger partial charge is 0.251 e. The fraction of sp³-hybridized carbons (Fsp3) is 0.133. The summed E-state index contributed by atoms with van der Waals surface area (Å²) in [6.45, 7) is 0.711. The normalized spacial score (nSPS) is 13.8. The monoisotopic (exact) mass is 296 g/mol. The minimum atomic E-state index is -0.00226. The highest BCUT2D eigenvalue weighted by molar-refractivity contribution is 7.09. The van der Waals surface area contributed by atoms with Crippen LogP contribution in [0.3, 0.4) is 0 Å². The van der Waals surface area contributed by atoms with Gasteiger partial charge in [0.05, 0.1) is 4.88 Å². The van der Waals surface area contributed by atoms with Crippen LogP contribution in [0.2, 0.25) is 0 Å². The summed E-state index contributed by atoms with van der Waals surface area (Å²) in [7, 11) is 0. The van der Waals surface area contributed by atoms with Crippen LogP contribution < -0.4 is 5.32 Å². The molecule has 0 atom stereocenters. The van der Waals surface area contributed by atoms with Gasteiger partial charge in [0.15, 0.2) is 5.82 Å². The predicted molar refractivity (Wildman–Crippen MR) is 80.7 cm³/mol. The molecule has 0 saturated heterocycles. The van der Waals surface area contributed by atoms with Crippen LogP contribution in [0.1, 0.15) is 15.9 Å². The van der Waals surface area contributed by atoms with E-state index in [1.54, 1.807) is 12.4 Å². The number of fused-ring (bicyclic) bond motifs is 1. The van der Waals surface area contributed by atoms with Crippen molar-refractivity contribution in [1.29, 1.82) is 0 Å². The molecule has 0 saturated carbocycles. The Bertz CT molecular complexity index is 807. The second-order valence-corrected chi connectivity index (χ2v) is 5.68. The van der Waals surface area contributed by atoms with Crippen molar-refractivity contribution in [2.24, 2.45) is 0 Å². The Morgan fingerprint density at radius 2 is 2.19 bits per heavy atom. The summed E-state index contributed by atoms with van der Waals surface area (Å²) in [4.78, 5) is 17.4. The van der Waals surface area contributed by atoms with Crippen molar-refractivity contribution in [3.8, 4) is 16.4 Å². The number of nitrogens with one attached hydrogen (secondary N) is 1. The molecule has 3 aromatic rings. The summed E-state index contributed by atoms with van der Waals surface area (Å²) < 4.78 is 6.10. The predicted octanol–water partition coefficient (Wildman–Crippen LogP) is 2.28. The third-order valence-electron chi connectivity index (χ3n) is 3.60. The van der Waals surface area contributed by atoms with Crippen molar-refractivity contribution in [1.82, 2.24) is 19.2 Å². The van der Waals surface area contributed by atoms with E-state index < -0.39 is 0 Å². The van der Waals surface area contributed by atoms with E-state index in [0.717, 1.165) is 33.9 Å². The molecular weight excluding hydrogens is 284 g/mol. The van der Waals surface area contributed by atoms with Gasteiger partial charge in [-0.05, 0) is 41.7 Å². The van der Waals surface area contributed by atoms with Crippen LogP contribution in [0.15, 0.2) is 42.9 Å². The lowest BCUT2D eigenvalue weighted by Gasteiger charge is -2.17. The maximum absolute atomic E-state index is 12.0. The number of hydrogen-bond acceptors (Lipinski definition) is 4. The van der Waals surface area contributed by atoms with E-state index in [9.17, 15) is 4.79 Å². The molecule has 1 aliphatic rings. The quantitative estimate of drug-likeness (QED) is 0.789. The topological polar surface area (TPSA) is 59.8 Å². The Hall–Kier alpha value is -2.47. The molecule has 21 heavy (non-hydrogen) atoms. The van der Waals surface area contributed by atoms with Crippen LogP contribution >= 0.6 is 11.5 Å². The molecule has 1 aliphatic heterocycles. The minimum absolute atomic E-state index is 0.00226. The van der Waals surface area contributed by atoms with E-state index in [0.29, 0.717) is 6.54 Å². The zero-order chi connectivity index (χ0) is 14.2. The van der Waals surface area contributed by atoms with Gasteiger partial charge in [-0.1, -0.05) is 6.07 Å². The first-order chi connectivity index (χ1) is 10.3. The Labute approximate surface area is 125 Å². The lowest BCUT2D eigenvalue weighted by atomic mass is 10.00. The SMILES string of the molecule is O=C1NCCc2ccc(-n3ccnc3-c3ccns3)cc21. The summed E-state index contributed by atoms with van der Waals surface area (Å²) in [5.41, 5.74) is 2.79. The molecule has 1 aromatic carbocycles. The third kappa shape index (κ3) is 2.04. The molecule has 3 heterocycles. The van der Waals surface area contributed by atoms with Gasteiger partial charge in [-0.15, -0.1) is 0 Å². The number of nitrogens with zero attached hydrogens (tertiary/aromatic N) is 3. The number of aromatic nitrogens is 3. The minimum Gasteiger partial charge on any atom is -0.352 e. The molecule has 0 spiro atoms. The molecule has 0 aliphatic carbocycles. The summed E-state index contributed by atoms with van der Waals surface area (Å²) in [5, 5.41) is 2.88. The van der Waals surface area contributed by atoms with E-state index in [-0.39, 0.29) is 5.91 Å². The number of rotatable bonds is 2. The number of carbonyl (C=O) groups excluding carboxylic acids is 1. The second kappa shape index (κ2) is 4.82. The molecule has 104 valence electrons. The van der Waals surface area contributed by atoms with Crippen LogP contribution in [0.4, 0.5) is 0 Å². The molecule has 0 fully saturated rings. The summed E-state index contributed by atoms with van der Waals surface area (Å²) in [6, 6.07) is 7.92. The van der Waals surface area contributed by atoms with Crippen LogP contribution in [0.25, 0.3) is 16.4 Å². The average Bonchev–Trinajstić information content (AvgIpc) is 3.18. The molecule has 1 amide bonds. The van der Waals surface area contributed by atoms with Gasteiger partial charge in [0.2, 0.25) is 0 Å². The Morgan fingerprint density at radius 3 is 3.05 bits per heavy atom. The first kappa shape index (κ1) is 12.3. The third-order valence-corrected chi connectivity index (χ3v) is 4.34. The van der Waals surface area contributed by atoms with Crippen molar-refractivity contribution in [3.63, 3.8) is 0 Å². The molecule has 6 heteroatoms. The highest BCUT2D eigenvalue weighted by Gasteiger charge is 2.18. The number of carbonyl (C=O) groups is 1.